The zero-order valence-corrected chi connectivity index (χ0v) is 18.2. The van der Waals surface area contributed by atoms with Crippen molar-refractivity contribution in [1.82, 2.24) is 14.9 Å². The molecule has 0 spiro atoms. The van der Waals surface area contributed by atoms with Gasteiger partial charge in [-0.25, -0.2) is 8.78 Å². The third-order valence-electron chi connectivity index (χ3n) is 6.07. The topological polar surface area (TPSA) is 104 Å². The van der Waals surface area contributed by atoms with Crippen LogP contribution in [0.2, 0.25) is 0 Å². The van der Waals surface area contributed by atoms with Gasteiger partial charge in [0.25, 0.3) is 11.8 Å². The first-order valence-corrected chi connectivity index (χ1v) is 10.6. The summed E-state index contributed by atoms with van der Waals surface area (Å²) >= 11 is 0. The largest absolute Gasteiger partial charge is 0.502 e. The number of halogens is 2. The first-order chi connectivity index (χ1) is 15.8. The maximum absolute atomic E-state index is 13.9. The quantitative estimate of drug-likeness (QED) is 0.671. The highest BCUT2D eigenvalue weighted by Gasteiger charge is 2.46. The molecular formula is C22H24F2N4O5. The van der Waals surface area contributed by atoms with Gasteiger partial charge in [0.05, 0.1) is 12.6 Å². The standard InChI is InChI=1S/C22H24F2N4O5/c1-3-26-17-7-6-14(11-33-2)28(17)27-10-15(19(29)20(30)18(27)22(26)32)21(31)25-9-12-4-5-13(23)8-16(12)24/h4-5,8,10,14,17,30H,3,6-7,9,11H2,1-2H3,(H,25,31)/t14-,17+/m1/s1. The van der Waals surface area contributed by atoms with Crippen molar-refractivity contribution in [1.29, 1.82) is 0 Å². The molecule has 11 heteroatoms. The zero-order valence-electron chi connectivity index (χ0n) is 18.2. The Morgan fingerprint density at radius 2 is 2.03 bits per heavy atom. The molecule has 4 rings (SSSR count). The van der Waals surface area contributed by atoms with E-state index in [9.17, 15) is 28.3 Å². The van der Waals surface area contributed by atoms with Gasteiger partial charge in [0.1, 0.15) is 23.4 Å². The summed E-state index contributed by atoms with van der Waals surface area (Å²) in [5.41, 5.74) is -1.61. The second kappa shape index (κ2) is 8.81. The van der Waals surface area contributed by atoms with Crippen molar-refractivity contribution >= 4 is 11.8 Å². The van der Waals surface area contributed by atoms with E-state index in [1.165, 1.54) is 16.9 Å². The van der Waals surface area contributed by atoms with Crippen LogP contribution in [0.25, 0.3) is 0 Å². The highest BCUT2D eigenvalue weighted by Crippen LogP contribution is 2.33. The van der Waals surface area contributed by atoms with Crippen LogP contribution in [0.15, 0.2) is 29.2 Å². The van der Waals surface area contributed by atoms with E-state index in [1.54, 1.807) is 18.9 Å². The number of nitrogens with one attached hydrogen (secondary N) is 1. The van der Waals surface area contributed by atoms with E-state index >= 15 is 0 Å². The van der Waals surface area contributed by atoms with E-state index in [0.717, 1.165) is 6.07 Å². The summed E-state index contributed by atoms with van der Waals surface area (Å²) in [6.07, 6.45) is 2.27. The lowest BCUT2D eigenvalue weighted by atomic mass is 10.1. The molecule has 0 unspecified atom stereocenters. The number of hydrogen-bond donors (Lipinski definition) is 2. The van der Waals surface area contributed by atoms with Crippen molar-refractivity contribution in [3.05, 3.63) is 63.1 Å². The minimum atomic E-state index is -1.01. The van der Waals surface area contributed by atoms with E-state index in [0.29, 0.717) is 32.1 Å². The molecule has 0 aliphatic carbocycles. The second-order valence-electron chi connectivity index (χ2n) is 7.97. The number of ether oxygens (including phenoxy) is 1. The van der Waals surface area contributed by atoms with Crippen LogP contribution in [0, 0.1) is 11.6 Å². The van der Waals surface area contributed by atoms with Crippen molar-refractivity contribution < 1.29 is 28.2 Å². The first-order valence-electron chi connectivity index (χ1n) is 10.6. The third kappa shape index (κ3) is 3.82. The number of fused-ring (bicyclic) bond motifs is 3. The van der Waals surface area contributed by atoms with Gasteiger partial charge in [0, 0.05) is 38.0 Å². The Bertz CT molecular complexity index is 1170. The van der Waals surface area contributed by atoms with Gasteiger partial charge in [0.2, 0.25) is 5.43 Å². The number of aromatic hydroxyl groups is 1. The van der Waals surface area contributed by atoms with Gasteiger partial charge in [-0.2, -0.15) is 0 Å². The molecule has 0 bridgehead atoms. The molecule has 176 valence electrons. The van der Waals surface area contributed by atoms with Crippen molar-refractivity contribution in [2.75, 3.05) is 25.3 Å². The van der Waals surface area contributed by atoms with E-state index in [4.69, 9.17) is 4.74 Å². The molecular weight excluding hydrogens is 438 g/mol. The normalized spacial score (nSPS) is 19.5. The molecule has 2 aromatic rings. The summed E-state index contributed by atoms with van der Waals surface area (Å²) in [7, 11) is 1.55. The summed E-state index contributed by atoms with van der Waals surface area (Å²) in [5.74, 6) is -3.80. The number of nitrogens with zero attached hydrogens (tertiary/aromatic N) is 3. The predicted octanol–water partition coefficient (Wildman–Crippen LogP) is 1.31. The number of aromatic nitrogens is 1. The number of carbonyl (C=O) groups excluding carboxylic acids is 2. The summed E-state index contributed by atoms with van der Waals surface area (Å²) in [5, 5.41) is 14.9. The molecule has 2 N–H and O–H groups in total. The van der Waals surface area contributed by atoms with Crippen molar-refractivity contribution in [3.63, 3.8) is 0 Å². The van der Waals surface area contributed by atoms with Crippen molar-refractivity contribution in [2.24, 2.45) is 0 Å². The molecule has 1 fully saturated rings. The number of methoxy groups -OCH3 is 1. The molecule has 2 aliphatic rings. The smallest absolute Gasteiger partial charge is 0.278 e. The Labute approximate surface area is 188 Å². The summed E-state index contributed by atoms with van der Waals surface area (Å²) in [6.45, 7) is 2.23. The molecule has 2 aliphatic heterocycles. The second-order valence-corrected chi connectivity index (χ2v) is 7.97. The van der Waals surface area contributed by atoms with Crippen LogP contribution < -0.4 is 15.8 Å². The molecule has 3 heterocycles. The number of amides is 2. The minimum Gasteiger partial charge on any atom is -0.502 e. The van der Waals surface area contributed by atoms with Gasteiger partial charge in [0.15, 0.2) is 11.4 Å². The van der Waals surface area contributed by atoms with Gasteiger partial charge in [-0.15, -0.1) is 0 Å². The predicted molar refractivity (Wildman–Crippen MR) is 114 cm³/mol. The number of pyridine rings is 1. The average Bonchev–Trinajstić information content (AvgIpc) is 3.19. The van der Waals surface area contributed by atoms with E-state index < -0.39 is 40.2 Å². The van der Waals surface area contributed by atoms with Crippen molar-refractivity contribution in [2.45, 2.75) is 38.5 Å². The van der Waals surface area contributed by atoms with Gasteiger partial charge >= 0.3 is 0 Å². The Kier molecular flexibility index (Phi) is 6.07. The maximum Gasteiger partial charge on any atom is 0.278 e. The molecule has 1 aromatic carbocycles. The highest BCUT2D eigenvalue weighted by atomic mass is 19.1. The lowest BCUT2D eigenvalue weighted by Gasteiger charge is -2.44. The van der Waals surface area contributed by atoms with Crippen molar-refractivity contribution in [3.8, 4) is 5.75 Å². The Hall–Kier alpha value is -3.47. The molecule has 2 atom stereocenters. The minimum absolute atomic E-state index is 0.0283. The van der Waals surface area contributed by atoms with Gasteiger partial charge < -0.3 is 20.1 Å². The molecule has 2 amide bonds. The lowest BCUT2D eigenvalue weighted by molar-refractivity contribution is 0.0584. The van der Waals surface area contributed by atoms with Crippen LogP contribution in [-0.4, -0.2) is 59.0 Å². The number of rotatable bonds is 6. The van der Waals surface area contributed by atoms with Gasteiger partial charge in [-0.1, -0.05) is 6.07 Å². The highest BCUT2D eigenvalue weighted by molar-refractivity contribution is 5.99. The molecule has 1 saturated heterocycles. The van der Waals surface area contributed by atoms with Crippen LogP contribution >= 0.6 is 0 Å². The SMILES string of the molecule is CCN1C(=O)c2c(O)c(=O)c(C(=O)NCc3ccc(F)cc3F)cn2N2[C@@H](COC)CC[C@@H]12. The summed E-state index contributed by atoms with van der Waals surface area (Å²) < 4.78 is 33.7. The molecule has 33 heavy (non-hydrogen) atoms. The van der Waals surface area contributed by atoms with Crippen LogP contribution in [0.1, 0.15) is 46.2 Å². The lowest BCUT2D eigenvalue weighted by Crippen LogP contribution is -2.61. The zero-order chi connectivity index (χ0) is 23.9. The monoisotopic (exact) mass is 462 g/mol. The molecule has 0 radical (unpaired) electrons. The fourth-order valence-corrected chi connectivity index (χ4v) is 4.51. The van der Waals surface area contributed by atoms with Crippen LogP contribution in [-0.2, 0) is 11.3 Å². The van der Waals surface area contributed by atoms with Crippen LogP contribution in [0.3, 0.4) is 0 Å². The maximum atomic E-state index is 13.9. The van der Waals surface area contributed by atoms with E-state index in [2.05, 4.69) is 5.32 Å². The first kappa shape index (κ1) is 22.7. The number of hydrogen-bond acceptors (Lipinski definition) is 6. The third-order valence-corrected chi connectivity index (χ3v) is 6.07. The summed E-state index contributed by atoms with van der Waals surface area (Å²) in [6, 6.07) is 2.78. The fraction of sp³-hybridized carbons (Fsp3) is 0.409. The molecule has 9 nitrogen and oxygen atoms in total. The molecule has 1 aromatic heterocycles. The van der Waals surface area contributed by atoms with Crippen LogP contribution in [0.5, 0.6) is 5.75 Å². The van der Waals surface area contributed by atoms with E-state index in [1.807, 2.05) is 5.01 Å². The fourth-order valence-electron chi connectivity index (χ4n) is 4.51. The van der Waals surface area contributed by atoms with Crippen LogP contribution in [0.4, 0.5) is 8.78 Å². The number of carbonyl (C=O) groups is 2. The van der Waals surface area contributed by atoms with Gasteiger partial charge in [-0.05, 0) is 25.8 Å². The Morgan fingerprint density at radius 3 is 2.70 bits per heavy atom. The molecule has 0 saturated carbocycles. The summed E-state index contributed by atoms with van der Waals surface area (Å²) in [4.78, 5) is 40.2. The Balaban J connectivity index is 1.72. The average molecular weight is 462 g/mol. The van der Waals surface area contributed by atoms with E-state index in [-0.39, 0.29) is 30.0 Å². The van der Waals surface area contributed by atoms with Gasteiger partial charge in [-0.3, -0.25) is 24.1 Å². The number of benzene rings is 1. The Morgan fingerprint density at radius 1 is 1.27 bits per heavy atom.